The smallest absolute Gasteiger partial charge is 0.248 e. The van der Waals surface area contributed by atoms with Crippen molar-refractivity contribution in [3.05, 3.63) is 97.5 Å². The molecule has 154 valence electrons. The summed E-state index contributed by atoms with van der Waals surface area (Å²) in [6.45, 7) is 5.42. The maximum absolute atomic E-state index is 14.3. The Labute approximate surface area is 190 Å². The van der Waals surface area contributed by atoms with Gasteiger partial charge in [-0.3, -0.25) is 9.59 Å². The summed E-state index contributed by atoms with van der Waals surface area (Å²) in [7, 11) is -4.33. The van der Waals surface area contributed by atoms with Gasteiger partial charge in [-0.2, -0.15) is 0 Å². The maximum Gasteiger partial charge on any atom is 0.248 e. The number of benzene rings is 3. The average molecular weight is 480 g/mol. The molecule has 0 aliphatic rings. The second-order valence-corrected chi connectivity index (χ2v) is 10.9. The van der Waals surface area contributed by atoms with Crippen molar-refractivity contribution in [2.24, 2.45) is 0 Å². The number of carbonyl (C=O) groups excluding carboxylic acids is 2. The minimum atomic E-state index is -4.33. The van der Waals surface area contributed by atoms with Crippen molar-refractivity contribution in [3.63, 3.8) is 0 Å². The van der Waals surface area contributed by atoms with Gasteiger partial charge in [-0.15, -0.1) is 0 Å². The van der Waals surface area contributed by atoms with Crippen LogP contribution >= 0.6 is 41.9 Å². The number of halogens is 3. The lowest BCUT2D eigenvalue weighted by Gasteiger charge is -2.20. The molecule has 3 nitrogen and oxygen atoms in total. The first kappa shape index (κ1) is 22.8. The molecule has 0 saturated heterocycles. The first-order chi connectivity index (χ1) is 14.1. The van der Waals surface area contributed by atoms with Gasteiger partial charge >= 0.3 is 0 Å². The molecule has 0 fully saturated rings. The number of carbonyl (C=O) groups is 2. The lowest BCUT2D eigenvalue weighted by molar-refractivity contribution is 0.104. The first-order valence-electron chi connectivity index (χ1n) is 9.05. The SMILES string of the molecule is Cc1cc(C)c(C(=O)P(=O)(C(=O)c2c(Cl)cc(Cl)cc2Cl)c2ccccc2)c(C)c1. The highest BCUT2D eigenvalue weighted by atomic mass is 35.5. The summed E-state index contributed by atoms with van der Waals surface area (Å²) in [5.74, 6) is 0. The quantitative estimate of drug-likeness (QED) is 0.362. The van der Waals surface area contributed by atoms with E-state index in [2.05, 4.69) is 0 Å². The van der Waals surface area contributed by atoms with Crippen LogP contribution in [0.1, 0.15) is 37.4 Å². The van der Waals surface area contributed by atoms with Crippen molar-refractivity contribution in [1.82, 2.24) is 0 Å². The Hall–Kier alpha value is -1.90. The molecule has 7 heteroatoms. The molecule has 3 aromatic carbocycles. The number of rotatable bonds is 5. The van der Waals surface area contributed by atoms with Gasteiger partial charge in [-0.25, -0.2) is 0 Å². The number of hydrogen-bond acceptors (Lipinski definition) is 3. The Bertz CT molecular complexity index is 1100. The molecule has 0 saturated carbocycles. The molecule has 0 bridgehead atoms. The van der Waals surface area contributed by atoms with Gasteiger partial charge in [0.05, 0.1) is 15.6 Å². The summed E-state index contributed by atoms with van der Waals surface area (Å²) in [4.78, 5) is 27.4. The lowest BCUT2D eigenvalue weighted by Crippen LogP contribution is -2.22. The van der Waals surface area contributed by atoms with Crippen molar-refractivity contribution in [1.29, 1.82) is 0 Å². The van der Waals surface area contributed by atoms with Gasteiger partial charge in [-0.05, 0) is 44.0 Å². The van der Waals surface area contributed by atoms with Gasteiger partial charge in [0.25, 0.3) is 0 Å². The van der Waals surface area contributed by atoms with Crippen molar-refractivity contribution in [3.8, 4) is 0 Å². The van der Waals surface area contributed by atoms with Crippen LogP contribution in [0.2, 0.25) is 15.1 Å². The maximum atomic E-state index is 14.3. The topological polar surface area (TPSA) is 51.2 Å². The molecule has 0 spiro atoms. The van der Waals surface area contributed by atoms with Gasteiger partial charge in [-0.1, -0.05) is 82.8 Å². The predicted octanol–water partition coefficient (Wildman–Crippen LogP) is 7.24. The molecule has 3 rings (SSSR count). The molecule has 0 heterocycles. The summed E-state index contributed by atoms with van der Waals surface area (Å²) in [6.07, 6.45) is 0. The third kappa shape index (κ3) is 4.00. The van der Waals surface area contributed by atoms with Gasteiger partial charge in [0.2, 0.25) is 18.2 Å². The van der Waals surface area contributed by atoms with Crippen molar-refractivity contribution >= 4 is 58.3 Å². The summed E-state index contributed by atoms with van der Waals surface area (Å²) in [5, 5.41) is 0.242. The van der Waals surface area contributed by atoms with E-state index in [1.807, 2.05) is 19.1 Å². The van der Waals surface area contributed by atoms with E-state index in [9.17, 15) is 14.2 Å². The Kier molecular flexibility index (Phi) is 6.60. The van der Waals surface area contributed by atoms with Crippen LogP contribution in [0.25, 0.3) is 0 Å². The lowest BCUT2D eigenvalue weighted by atomic mass is 10.0. The molecule has 0 radical (unpaired) electrons. The van der Waals surface area contributed by atoms with E-state index in [4.69, 9.17) is 34.8 Å². The standard InChI is InChI=1S/C23H18Cl3O3P/c1-13-9-14(2)20(15(3)10-13)22(27)30(29,17-7-5-4-6-8-17)23(28)21-18(25)11-16(24)12-19(21)26/h4-12H,1-3H3. The van der Waals surface area contributed by atoms with E-state index in [0.29, 0.717) is 11.1 Å². The molecule has 0 aliphatic heterocycles. The molecular weight excluding hydrogens is 462 g/mol. The van der Waals surface area contributed by atoms with Crippen LogP contribution in [0.4, 0.5) is 0 Å². The molecule has 1 unspecified atom stereocenters. The van der Waals surface area contributed by atoms with E-state index in [1.54, 1.807) is 32.0 Å². The van der Waals surface area contributed by atoms with Gasteiger partial charge in [0.1, 0.15) is 0 Å². The largest absolute Gasteiger partial charge is 0.302 e. The highest BCUT2D eigenvalue weighted by Gasteiger charge is 2.45. The minimum Gasteiger partial charge on any atom is -0.302 e. The number of hydrogen-bond donors (Lipinski definition) is 0. The molecular formula is C23H18Cl3O3P. The molecule has 30 heavy (non-hydrogen) atoms. The van der Waals surface area contributed by atoms with Gasteiger partial charge in [0, 0.05) is 15.9 Å². The Morgan fingerprint density at radius 1 is 0.733 bits per heavy atom. The fourth-order valence-electron chi connectivity index (χ4n) is 3.54. The first-order valence-corrected chi connectivity index (χ1v) is 11.9. The second-order valence-electron chi connectivity index (χ2n) is 7.07. The minimum absolute atomic E-state index is 0.0567. The van der Waals surface area contributed by atoms with Crippen LogP contribution in [0.15, 0.2) is 54.6 Å². The van der Waals surface area contributed by atoms with Gasteiger partial charge < -0.3 is 4.57 Å². The summed E-state index contributed by atoms with van der Waals surface area (Å²) < 4.78 is 14.3. The monoisotopic (exact) mass is 478 g/mol. The molecule has 1 atom stereocenters. The summed E-state index contributed by atoms with van der Waals surface area (Å²) in [5.41, 5.74) is 0.698. The van der Waals surface area contributed by atoms with E-state index in [0.717, 1.165) is 5.56 Å². The van der Waals surface area contributed by atoms with E-state index in [-0.39, 0.29) is 31.5 Å². The average Bonchev–Trinajstić information content (AvgIpc) is 2.66. The Balaban J connectivity index is 2.31. The van der Waals surface area contributed by atoms with Crippen molar-refractivity contribution in [2.75, 3.05) is 0 Å². The third-order valence-electron chi connectivity index (χ3n) is 4.80. The predicted molar refractivity (Wildman–Crippen MR) is 124 cm³/mol. The Morgan fingerprint density at radius 2 is 1.20 bits per heavy atom. The van der Waals surface area contributed by atoms with Crippen LogP contribution in [-0.4, -0.2) is 11.0 Å². The fourth-order valence-corrected chi connectivity index (χ4v) is 7.13. The highest BCUT2D eigenvalue weighted by Crippen LogP contribution is 2.53. The molecule has 0 aliphatic carbocycles. The Morgan fingerprint density at radius 3 is 1.70 bits per heavy atom. The summed E-state index contributed by atoms with van der Waals surface area (Å²) in [6, 6.07) is 14.3. The zero-order chi connectivity index (χ0) is 22.2. The van der Waals surface area contributed by atoms with Crippen molar-refractivity contribution in [2.45, 2.75) is 20.8 Å². The fraction of sp³-hybridized carbons (Fsp3) is 0.130. The highest BCUT2D eigenvalue weighted by molar-refractivity contribution is 8.01. The van der Waals surface area contributed by atoms with Crippen molar-refractivity contribution < 1.29 is 14.2 Å². The van der Waals surface area contributed by atoms with E-state index < -0.39 is 18.2 Å². The zero-order valence-corrected chi connectivity index (χ0v) is 19.7. The number of aryl methyl sites for hydroxylation is 3. The molecule has 0 amide bonds. The summed E-state index contributed by atoms with van der Waals surface area (Å²) >= 11 is 18.4. The van der Waals surface area contributed by atoms with Crippen LogP contribution < -0.4 is 5.30 Å². The third-order valence-corrected chi connectivity index (χ3v) is 8.23. The van der Waals surface area contributed by atoms with Crippen LogP contribution in [0, 0.1) is 20.8 Å². The second kappa shape index (κ2) is 8.69. The van der Waals surface area contributed by atoms with Crippen LogP contribution in [-0.2, 0) is 4.57 Å². The zero-order valence-electron chi connectivity index (χ0n) is 16.5. The molecule has 0 N–H and O–H groups in total. The van der Waals surface area contributed by atoms with Crippen LogP contribution in [0.5, 0.6) is 0 Å². The van der Waals surface area contributed by atoms with E-state index in [1.165, 1.54) is 24.3 Å². The van der Waals surface area contributed by atoms with Gasteiger partial charge in [0.15, 0.2) is 0 Å². The van der Waals surface area contributed by atoms with E-state index >= 15 is 0 Å². The molecule has 0 aromatic heterocycles. The normalized spacial score (nSPS) is 13.0. The van der Waals surface area contributed by atoms with Crippen LogP contribution in [0.3, 0.4) is 0 Å². The molecule has 3 aromatic rings.